The predicted molar refractivity (Wildman–Crippen MR) is 81.5 cm³/mol. The fraction of sp³-hybridized carbons (Fsp3) is 0.467. The molecule has 0 unspecified atom stereocenters. The van der Waals surface area contributed by atoms with E-state index in [-0.39, 0.29) is 12.5 Å². The van der Waals surface area contributed by atoms with E-state index < -0.39 is 0 Å². The summed E-state index contributed by atoms with van der Waals surface area (Å²) in [6.45, 7) is -0.177. The van der Waals surface area contributed by atoms with Crippen molar-refractivity contribution in [1.82, 2.24) is 4.98 Å². The minimum Gasteiger partial charge on any atom is -0.384 e. The molecule has 4 nitrogen and oxygen atoms in total. The Kier molecular flexibility index (Phi) is 5.90. The van der Waals surface area contributed by atoms with Gasteiger partial charge in [0.25, 0.3) is 0 Å². The van der Waals surface area contributed by atoms with Crippen LogP contribution in [0.5, 0.6) is 0 Å². The quantitative estimate of drug-likeness (QED) is 0.835. The molecular formula is C15H18N2O2S. The van der Waals surface area contributed by atoms with Crippen molar-refractivity contribution in [3.63, 3.8) is 0 Å². The second-order valence-corrected chi connectivity index (χ2v) is 5.92. The number of amides is 1. The zero-order valence-electron chi connectivity index (χ0n) is 11.3. The van der Waals surface area contributed by atoms with Crippen molar-refractivity contribution in [3.05, 3.63) is 23.9 Å². The summed E-state index contributed by atoms with van der Waals surface area (Å²) in [4.78, 5) is 16.1. The third-order valence-corrected chi connectivity index (χ3v) is 4.20. The first-order valence-corrected chi connectivity index (χ1v) is 7.87. The number of aliphatic hydroxyl groups is 1. The SMILES string of the molecule is O=C(CC1CCSCC1)Nc1cc(C#CCO)ccn1. The van der Waals surface area contributed by atoms with Crippen LogP contribution in [0.1, 0.15) is 24.8 Å². The summed E-state index contributed by atoms with van der Waals surface area (Å²) in [5.41, 5.74) is 0.735. The van der Waals surface area contributed by atoms with Crippen LogP contribution in [-0.4, -0.2) is 34.1 Å². The highest BCUT2D eigenvalue weighted by molar-refractivity contribution is 7.99. The molecule has 0 aliphatic carbocycles. The summed E-state index contributed by atoms with van der Waals surface area (Å²) in [5.74, 6) is 8.71. The van der Waals surface area contributed by atoms with Gasteiger partial charge in [0.05, 0.1) is 0 Å². The monoisotopic (exact) mass is 290 g/mol. The van der Waals surface area contributed by atoms with E-state index in [4.69, 9.17) is 5.11 Å². The molecule has 106 valence electrons. The van der Waals surface area contributed by atoms with Gasteiger partial charge in [-0.25, -0.2) is 4.98 Å². The summed E-state index contributed by atoms with van der Waals surface area (Å²) in [5, 5.41) is 11.5. The van der Waals surface area contributed by atoms with Crippen LogP contribution in [-0.2, 0) is 4.79 Å². The summed E-state index contributed by atoms with van der Waals surface area (Å²) in [7, 11) is 0. The molecule has 0 bridgehead atoms. The summed E-state index contributed by atoms with van der Waals surface area (Å²) in [6, 6.07) is 3.47. The maximum Gasteiger partial charge on any atom is 0.225 e. The topological polar surface area (TPSA) is 62.2 Å². The minimum atomic E-state index is -0.177. The van der Waals surface area contributed by atoms with Gasteiger partial charge in [0.15, 0.2) is 0 Å². The largest absolute Gasteiger partial charge is 0.384 e. The Hall–Kier alpha value is -1.51. The number of hydrogen-bond donors (Lipinski definition) is 2. The first-order chi connectivity index (χ1) is 9.78. The molecule has 1 aromatic rings. The summed E-state index contributed by atoms with van der Waals surface area (Å²) in [6.07, 6.45) is 4.41. The summed E-state index contributed by atoms with van der Waals surface area (Å²) < 4.78 is 0. The molecule has 2 heterocycles. The van der Waals surface area contributed by atoms with Crippen molar-refractivity contribution in [2.75, 3.05) is 23.4 Å². The van der Waals surface area contributed by atoms with Crippen LogP contribution in [0.15, 0.2) is 18.3 Å². The Morgan fingerprint density at radius 3 is 3.05 bits per heavy atom. The molecule has 1 aliphatic rings. The maximum atomic E-state index is 12.0. The molecule has 1 aliphatic heterocycles. The van der Waals surface area contributed by atoms with E-state index in [1.54, 1.807) is 18.3 Å². The van der Waals surface area contributed by atoms with Gasteiger partial charge >= 0.3 is 0 Å². The van der Waals surface area contributed by atoms with Crippen LogP contribution in [0, 0.1) is 17.8 Å². The number of carbonyl (C=O) groups excluding carboxylic acids is 1. The summed E-state index contributed by atoms with van der Waals surface area (Å²) >= 11 is 1.96. The highest BCUT2D eigenvalue weighted by Gasteiger charge is 2.17. The molecule has 1 aromatic heterocycles. The fourth-order valence-electron chi connectivity index (χ4n) is 2.12. The Labute approximate surface area is 123 Å². The molecule has 2 rings (SSSR count). The smallest absolute Gasteiger partial charge is 0.225 e. The standard InChI is InChI=1S/C15H18N2O2S/c18-7-1-2-12-3-6-16-14(10-12)17-15(19)11-13-4-8-20-9-5-13/h3,6,10,13,18H,4-5,7-9,11H2,(H,16,17,19). The lowest BCUT2D eigenvalue weighted by Gasteiger charge is -2.20. The van der Waals surface area contributed by atoms with Crippen LogP contribution < -0.4 is 5.32 Å². The first kappa shape index (κ1) is 14.9. The average molecular weight is 290 g/mol. The Morgan fingerprint density at radius 1 is 1.50 bits per heavy atom. The number of anilines is 1. The van der Waals surface area contributed by atoms with Gasteiger partial charge in [-0.3, -0.25) is 4.79 Å². The number of carbonyl (C=O) groups is 1. The normalized spacial score (nSPS) is 15.2. The lowest BCUT2D eigenvalue weighted by atomic mass is 9.98. The number of aromatic nitrogens is 1. The Balaban J connectivity index is 1.90. The zero-order chi connectivity index (χ0) is 14.2. The van der Waals surface area contributed by atoms with Crippen LogP contribution in [0.25, 0.3) is 0 Å². The van der Waals surface area contributed by atoms with Crippen LogP contribution >= 0.6 is 11.8 Å². The molecule has 5 heteroatoms. The van der Waals surface area contributed by atoms with Crippen molar-refractivity contribution in [2.24, 2.45) is 5.92 Å². The van der Waals surface area contributed by atoms with Gasteiger partial charge in [0, 0.05) is 18.2 Å². The number of pyridine rings is 1. The molecule has 20 heavy (non-hydrogen) atoms. The molecule has 1 saturated heterocycles. The number of nitrogens with one attached hydrogen (secondary N) is 1. The van der Waals surface area contributed by atoms with Gasteiger partial charge in [0.2, 0.25) is 5.91 Å². The van der Waals surface area contributed by atoms with Gasteiger partial charge in [-0.2, -0.15) is 11.8 Å². The van der Waals surface area contributed by atoms with E-state index >= 15 is 0 Å². The van der Waals surface area contributed by atoms with Crippen molar-refractivity contribution in [1.29, 1.82) is 0 Å². The molecule has 0 atom stereocenters. The second-order valence-electron chi connectivity index (χ2n) is 4.70. The Bertz CT molecular complexity index is 516. The van der Waals surface area contributed by atoms with E-state index in [1.807, 2.05) is 11.8 Å². The number of hydrogen-bond acceptors (Lipinski definition) is 4. The Morgan fingerprint density at radius 2 is 2.30 bits per heavy atom. The number of rotatable bonds is 3. The highest BCUT2D eigenvalue weighted by atomic mass is 32.2. The van der Waals surface area contributed by atoms with Crippen molar-refractivity contribution in [3.8, 4) is 11.8 Å². The van der Waals surface area contributed by atoms with E-state index in [1.165, 1.54) is 0 Å². The molecule has 1 fully saturated rings. The third kappa shape index (κ3) is 4.87. The van der Waals surface area contributed by atoms with Crippen LogP contribution in [0.3, 0.4) is 0 Å². The number of thioether (sulfide) groups is 1. The predicted octanol–water partition coefficient (Wildman–Crippen LogP) is 1.90. The van der Waals surface area contributed by atoms with Gasteiger partial charge in [-0.05, 0) is 42.4 Å². The number of nitrogens with zero attached hydrogens (tertiary/aromatic N) is 1. The average Bonchev–Trinajstić information content (AvgIpc) is 2.46. The van der Waals surface area contributed by atoms with Crippen molar-refractivity contribution >= 4 is 23.5 Å². The van der Waals surface area contributed by atoms with Crippen LogP contribution in [0.4, 0.5) is 5.82 Å². The van der Waals surface area contributed by atoms with Gasteiger partial charge < -0.3 is 10.4 Å². The molecule has 2 N–H and O–H groups in total. The van der Waals surface area contributed by atoms with E-state index in [0.29, 0.717) is 18.2 Å². The molecule has 0 aromatic carbocycles. The van der Waals surface area contributed by atoms with Gasteiger partial charge in [0.1, 0.15) is 12.4 Å². The maximum absolute atomic E-state index is 12.0. The van der Waals surface area contributed by atoms with E-state index in [0.717, 1.165) is 29.9 Å². The minimum absolute atomic E-state index is 0.0154. The van der Waals surface area contributed by atoms with Crippen molar-refractivity contribution in [2.45, 2.75) is 19.3 Å². The molecule has 1 amide bonds. The third-order valence-electron chi connectivity index (χ3n) is 3.15. The molecule has 0 radical (unpaired) electrons. The molecule has 0 saturated carbocycles. The van der Waals surface area contributed by atoms with Crippen molar-refractivity contribution < 1.29 is 9.90 Å². The fourth-order valence-corrected chi connectivity index (χ4v) is 3.33. The molecular weight excluding hydrogens is 272 g/mol. The van der Waals surface area contributed by atoms with Gasteiger partial charge in [-0.1, -0.05) is 11.8 Å². The number of aliphatic hydroxyl groups excluding tert-OH is 1. The molecule has 0 spiro atoms. The van der Waals surface area contributed by atoms with Crippen LogP contribution in [0.2, 0.25) is 0 Å². The van der Waals surface area contributed by atoms with E-state index in [9.17, 15) is 4.79 Å². The highest BCUT2D eigenvalue weighted by Crippen LogP contribution is 2.25. The lowest BCUT2D eigenvalue weighted by Crippen LogP contribution is -2.20. The zero-order valence-corrected chi connectivity index (χ0v) is 12.1. The van der Waals surface area contributed by atoms with Gasteiger partial charge in [-0.15, -0.1) is 0 Å². The lowest BCUT2D eigenvalue weighted by molar-refractivity contribution is -0.117. The first-order valence-electron chi connectivity index (χ1n) is 6.71. The van der Waals surface area contributed by atoms with E-state index in [2.05, 4.69) is 22.1 Å². The second kappa shape index (κ2) is 7.93.